The predicted molar refractivity (Wildman–Crippen MR) is 122 cm³/mol. The third kappa shape index (κ3) is 4.19. The summed E-state index contributed by atoms with van der Waals surface area (Å²) >= 11 is 12.3. The van der Waals surface area contributed by atoms with Crippen LogP contribution in [-0.4, -0.2) is 30.7 Å². The van der Waals surface area contributed by atoms with Crippen molar-refractivity contribution in [3.8, 4) is 0 Å². The third-order valence-corrected chi connectivity index (χ3v) is 6.93. The van der Waals surface area contributed by atoms with E-state index in [9.17, 15) is 13.5 Å². The molecule has 0 aliphatic carbocycles. The summed E-state index contributed by atoms with van der Waals surface area (Å²) < 4.78 is 29.4. The van der Waals surface area contributed by atoms with Crippen LogP contribution in [0.4, 0.5) is 0 Å². The summed E-state index contributed by atoms with van der Waals surface area (Å²) in [5.41, 5.74) is 2.75. The molecule has 156 valence electrons. The van der Waals surface area contributed by atoms with E-state index in [4.69, 9.17) is 23.2 Å². The molecular formula is C22H20Cl2N2O3S. The Morgan fingerprint density at radius 3 is 2.00 bits per heavy atom. The van der Waals surface area contributed by atoms with Gasteiger partial charge in [0, 0.05) is 38.4 Å². The number of rotatable bonds is 6. The lowest BCUT2D eigenvalue weighted by Gasteiger charge is -2.15. The maximum Gasteiger partial charge on any atom is 0.240 e. The van der Waals surface area contributed by atoms with Crippen LogP contribution in [0.25, 0.3) is 21.8 Å². The number of hydrogen-bond donors (Lipinski definition) is 2. The van der Waals surface area contributed by atoms with Gasteiger partial charge in [0.15, 0.2) is 0 Å². The molecule has 0 amide bonds. The molecule has 1 heterocycles. The van der Waals surface area contributed by atoms with Crippen molar-refractivity contribution in [3.05, 3.63) is 76.3 Å². The van der Waals surface area contributed by atoms with Crippen LogP contribution in [0.3, 0.4) is 0 Å². The minimum atomic E-state index is -3.70. The van der Waals surface area contributed by atoms with Gasteiger partial charge in [0.05, 0.1) is 17.5 Å². The first-order valence-electron chi connectivity index (χ1n) is 9.36. The van der Waals surface area contributed by atoms with E-state index < -0.39 is 16.1 Å². The fraction of sp³-hybridized carbons (Fsp3) is 0.182. The first-order chi connectivity index (χ1) is 14.2. The fourth-order valence-electron chi connectivity index (χ4n) is 3.53. The maximum atomic E-state index is 12.5. The summed E-state index contributed by atoms with van der Waals surface area (Å²) in [5, 5.41) is 13.7. The molecule has 0 saturated carbocycles. The number of fused-ring (bicyclic) bond motifs is 3. The Kier molecular flexibility index (Phi) is 5.79. The highest BCUT2D eigenvalue weighted by Gasteiger charge is 2.18. The zero-order valence-electron chi connectivity index (χ0n) is 16.1. The van der Waals surface area contributed by atoms with Gasteiger partial charge in [-0.2, -0.15) is 0 Å². The summed E-state index contributed by atoms with van der Waals surface area (Å²) in [4.78, 5) is 0.168. The lowest BCUT2D eigenvalue weighted by atomic mass is 10.1. The van der Waals surface area contributed by atoms with Crippen molar-refractivity contribution in [1.82, 2.24) is 9.29 Å². The molecule has 4 aromatic rings. The number of halogens is 2. The highest BCUT2D eigenvalue weighted by atomic mass is 35.5. The van der Waals surface area contributed by atoms with Crippen molar-refractivity contribution in [2.45, 2.75) is 24.5 Å². The lowest BCUT2D eigenvalue weighted by molar-refractivity contribution is 0.161. The van der Waals surface area contributed by atoms with Crippen LogP contribution in [0.2, 0.25) is 10.0 Å². The van der Waals surface area contributed by atoms with Crippen LogP contribution in [0, 0.1) is 6.92 Å². The molecule has 5 nitrogen and oxygen atoms in total. The first kappa shape index (κ1) is 21.2. The average molecular weight is 463 g/mol. The van der Waals surface area contributed by atoms with Crippen molar-refractivity contribution in [3.63, 3.8) is 0 Å². The molecule has 1 unspecified atom stereocenters. The molecule has 0 spiro atoms. The molecule has 0 radical (unpaired) electrons. The van der Waals surface area contributed by atoms with Crippen molar-refractivity contribution in [1.29, 1.82) is 0 Å². The quantitative estimate of drug-likeness (QED) is 0.434. The monoisotopic (exact) mass is 462 g/mol. The van der Waals surface area contributed by atoms with Crippen LogP contribution < -0.4 is 4.72 Å². The van der Waals surface area contributed by atoms with Gasteiger partial charge in [0.25, 0.3) is 0 Å². The second-order valence-corrected chi connectivity index (χ2v) is 9.89. The van der Waals surface area contributed by atoms with E-state index in [0.29, 0.717) is 10.0 Å². The molecule has 30 heavy (non-hydrogen) atoms. The van der Waals surface area contributed by atoms with Gasteiger partial charge in [-0.1, -0.05) is 40.9 Å². The Morgan fingerprint density at radius 1 is 0.933 bits per heavy atom. The largest absolute Gasteiger partial charge is 0.390 e. The minimum absolute atomic E-state index is 0.113. The standard InChI is InChI=1S/C22H20Cl2N2O3S/c1-14-2-6-18(7-3-14)30(28,29)25-12-17(27)13-26-21-8-4-15(23)10-19(21)20-11-16(24)5-9-22(20)26/h2-11,17,25,27H,12-13H2,1H3. The fourth-order valence-corrected chi connectivity index (χ4v) is 4.94. The second kappa shape index (κ2) is 8.21. The smallest absolute Gasteiger partial charge is 0.240 e. The molecule has 0 bridgehead atoms. The molecule has 2 N–H and O–H groups in total. The van der Waals surface area contributed by atoms with E-state index in [-0.39, 0.29) is 18.0 Å². The minimum Gasteiger partial charge on any atom is -0.390 e. The van der Waals surface area contributed by atoms with E-state index >= 15 is 0 Å². The molecule has 1 atom stereocenters. The number of aliphatic hydroxyl groups excluding tert-OH is 1. The number of sulfonamides is 1. The van der Waals surface area contributed by atoms with E-state index in [1.807, 2.05) is 35.8 Å². The first-order valence-corrected chi connectivity index (χ1v) is 11.6. The topological polar surface area (TPSA) is 71.3 Å². The summed E-state index contributed by atoms with van der Waals surface area (Å²) in [6.45, 7) is 1.98. The van der Waals surface area contributed by atoms with Gasteiger partial charge in [-0.25, -0.2) is 13.1 Å². The Hall–Kier alpha value is -2.09. The van der Waals surface area contributed by atoms with Gasteiger partial charge in [-0.3, -0.25) is 0 Å². The molecule has 8 heteroatoms. The van der Waals surface area contributed by atoms with Crippen LogP contribution >= 0.6 is 23.2 Å². The molecule has 4 rings (SSSR count). The Bertz CT molecular complexity index is 1270. The Morgan fingerprint density at radius 2 is 1.47 bits per heavy atom. The molecule has 1 aromatic heterocycles. The average Bonchev–Trinajstić information content (AvgIpc) is 2.99. The van der Waals surface area contributed by atoms with E-state index in [1.165, 1.54) is 0 Å². The van der Waals surface area contributed by atoms with Crippen LogP contribution in [0.1, 0.15) is 5.56 Å². The van der Waals surface area contributed by atoms with Crippen molar-refractivity contribution >= 4 is 55.0 Å². The van der Waals surface area contributed by atoms with Gasteiger partial charge >= 0.3 is 0 Å². The number of nitrogens with zero attached hydrogens (tertiary/aromatic N) is 1. The SMILES string of the molecule is Cc1ccc(S(=O)(=O)NCC(O)Cn2c3ccc(Cl)cc3c3cc(Cl)ccc32)cc1. The highest BCUT2D eigenvalue weighted by molar-refractivity contribution is 7.89. The van der Waals surface area contributed by atoms with Crippen molar-refractivity contribution in [2.24, 2.45) is 0 Å². The number of aliphatic hydroxyl groups is 1. The molecular weight excluding hydrogens is 443 g/mol. The van der Waals surface area contributed by atoms with E-state index in [1.54, 1.807) is 36.4 Å². The summed E-state index contributed by atoms with van der Waals surface area (Å²) in [6.07, 6.45) is -0.935. The summed E-state index contributed by atoms with van der Waals surface area (Å²) in [7, 11) is -3.70. The number of aryl methyl sites for hydroxylation is 1. The zero-order chi connectivity index (χ0) is 21.5. The van der Waals surface area contributed by atoms with E-state index in [2.05, 4.69) is 4.72 Å². The predicted octanol–water partition coefficient (Wildman–Crippen LogP) is 4.75. The van der Waals surface area contributed by atoms with Gasteiger partial charge in [-0.15, -0.1) is 0 Å². The van der Waals surface area contributed by atoms with Crippen LogP contribution in [0.5, 0.6) is 0 Å². The number of benzene rings is 3. The molecule has 0 aliphatic rings. The summed E-state index contributed by atoms with van der Waals surface area (Å²) in [6, 6.07) is 17.6. The lowest BCUT2D eigenvalue weighted by Crippen LogP contribution is -2.34. The van der Waals surface area contributed by atoms with E-state index in [0.717, 1.165) is 27.4 Å². The van der Waals surface area contributed by atoms with Gasteiger partial charge in [0.1, 0.15) is 0 Å². The third-order valence-electron chi connectivity index (χ3n) is 5.02. The van der Waals surface area contributed by atoms with Crippen LogP contribution in [0.15, 0.2) is 65.6 Å². The van der Waals surface area contributed by atoms with Gasteiger partial charge in [0.2, 0.25) is 10.0 Å². The summed E-state index contributed by atoms with van der Waals surface area (Å²) in [5.74, 6) is 0. The molecule has 0 saturated heterocycles. The second-order valence-electron chi connectivity index (χ2n) is 7.25. The van der Waals surface area contributed by atoms with Crippen molar-refractivity contribution < 1.29 is 13.5 Å². The Labute approximate surface area is 184 Å². The number of hydrogen-bond acceptors (Lipinski definition) is 3. The molecule has 0 aliphatic heterocycles. The maximum absolute atomic E-state index is 12.5. The normalized spacial score (nSPS) is 13.2. The zero-order valence-corrected chi connectivity index (χ0v) is 18.5. The number of nitrogens with one attached hydrogen (secondary N) is 1. The van der Waals surface area contributed by atoms with Gasteiger partial charge in [-0.05, 0) is 55.5 Å². The number of aromatic nitrogens is 1. The van der Waals surface area contributed by atoms with Crippen LogP contribution in [-0.2, 0) is 16.6 Å². The Balaban J connectivity index is 1.60. The highest BCUT2D eigenvalue weighted by Crippen LogP contribution is 2.33. The molecule has 0 fully saturated rings. The van der Waals surface area contributed by atoms with Gasteiger partial charge < -0.3 is 9.67 Å². The van der Waals surface area contributed by atoms with Crippen molar-refractivity contribution in [2.75, 3.05) is 6.54 Å². The molecule has 3 aromatic carbocycles.